The Morgan fingerprint density at radius 3 is 2.54 bits per heavy atom. The minimum atomic E-state index is -0.365. The highest BCUT2D eigenvalue weighted by Gasteiger charge is 2.11. The molecule has 0 radical (unpaired) electrons. The van der Waals surface area contributed by atoms with E-state index in [1.807, 2.05) is 61.6 Å². The van der Waals surface area contributed by atoms with Crippen LogP contribution in [0.2, 0.25) is 0 Å². The van der Waals surface area contributed by atoms with Gasteiger partial charge >= 0.3 is 0 Å². The molecule has 0 bridgehead atoms. The summed E-state index contributed by atoms with van der Waals surface area (Å²) in [4.78, 5) is 30.8. The molecule has 2 N–H and O–H groups in total. The number of aromatic nitrogens is 1. The van der Waals surface area contributed by atoms with Gasteiger partial charge in [-0.3, -0.25) is 20.4 Å². The predicted octanol–water partition coefficient (Wildman–Crippen LogP) is 3.19. The van der Waals surface area contributed by atoms with E-state index in [2.05, 4.69) is 15.8 Å². The first kappa shape index (κ1) is 19.6. The van der Waals surface area contributed by atoms with Gasteiger partial charge in [0.1, 0.15) is 5.01 Å². The van der Waals surface area contributed by atoms with Gasteiger partial charge in [0.25, 0.3) is 5.91 Å². The van der Waals surface area contributed by atoms with Crippen LogP contribution in [0.15, 0.2) is 53.9 Å². The number of benzene rings is 2. The highest BCUT2D eigenvalue weighted by molar-refractivity contribution is 7.13. The molecule has 0 atom stereocenters. The van der Waals surface area contributed by atoms with Crippen LogP contribution in [0.4, 0.5) is 5.69 Å². The van der Waals surface area contributed by atoms with Crippen LogP contribution in [0.5, 0.6) is 0 Å². The second-order valence-electron chi connectivity index (χ2n) is 6.63. The van der Waals surface area contributed by atoms with Crippen molar-refractivity contribution in [1.82, 2.24) is 15.8 Å². The molecule has 0 fully saturated rings. The van der Waals surface area contributed by atoms with Crippen LogP contribution in [0.3, 0.4) is 0 Å². The summed E-state index contributed by atoms with van der Waals surface area (Å²) in [5.41, 5.74) is 9.16. The van der Waals surface area contributed by atoms with Gasteiger partial charge in [-0.05, 0) is 25.1 Å². The Balaban J connectivity index is 1.55. The van der Waals surface area contributed by atoms with Crippen molar-refractivity contribution >= 4 is 28.8 Å². The number of rotatable bonds is 5. The third-order valence-corrected chi connectivity index (χ3v) is 5.07. The number of anilines is 1. The summed E-state index contributed by atoms with van der Waals surface area (Å²) in [6, 6.07) is 15.3. The van der Waals surface area contributed by atoms with E-state index in [-0.39, 0.29) is 18.2 Å². The number of thiazole rings is 1. The molecule has 7 heteroatoms. The summed E-state index contributed by atoms with van der Waals surface area (Å²) < 4.78 is 0. The zero-order chi connectivity index (χ0) is 20.1. The normalized spacial score (nSPS) is 10.4. The Morgan fingerprint density at radius 2 is 1.82 bits per heavy atom. The number of amides is 2. The van der Waals surface area contributed by atoms with Crippen molar-refractivity contribution in [2.45, 2.75) is 13.3 Å². The SMILES string of the molecule is Cc1ccc(-c2nc(CC(=O)NNC(=O)c3cccc(N(C)C)c3)cs2)cc1. The summed E-state index contributed by atoms with van der Waals surface area (Å²) in [7, 11) is 3.80. The van der Waals surface area contributed by atoms with E-state index in [1.165, 1.54) is 16.9 Å². The highest BCUT2D eigenvalue weighted by Crippen LogP contribution is 2.24. The van der Waals surface area contributed by atoms with Gasteiger partial charge in [-0.2, -0.15) is 0 Å². The van der Waals surface area contributed by atoms with E-state index in [0.29, 0.717) is 11.3 Å². The molecule has 0 aliphatic heterocycles. The zero-order valence-electron chi connectivity index (χ0n) is 16.0. The van der Waals surface area contributed by atoms with Crippen LogP contribution in [0.25, 0.3) is 10.6 Å². The molecule has 6 nitrogen and oxygen atoms in total. The first-order valence-corrected chi connectivity index (χ1v) is 9.68. The summed E-state index contributed by atoms with van der Waals surface area (Å²) in [5, 5.41) is 2.73. The molecule has 1 aromatic heterocycles. The summed E-state index contributed by atoms with van der Waals surface area (Å²) >= 11 is 1.49. The lowest BCUT2D eigenvalue weighted by atomic mass is 10.2. The summed E-state index contributed by atoms with van der Waals surface area (Å²) in [6.07, 6.45) is 0.0976. The third-order valence-electron chi connectivity index (χ3n) is 4.13. The quantitative estimate of drug-likeness (QED) is 0.652. The van der Waals surface area contributed by atoms with E-state index < -0.39 is 0 Å². The number of nitrogens with zero attached hydrogens (tertiary/aromatic N) is 2. The largest absolute Gasteiger partial charge is 0.378 e. The van der Waals surface area contributed by atoms with Crippen LogP contribution >= 0.6 is 11.3 Å². The van der Waals surface area contributed by atoms with Crippen LogP contribution in [-0.4, -0.2) is 30.9 Å². The Hall–Kier alpha value is -3.19. The zero-order valence-corrected chi connectivity index (χ0v) is 16.8. The number of carbonyl (C=O) groups is 2. The fraction of sp³-hybridized carbons (Fsp3) is 0.190. The predicted molar refractivity (Wildman–Crippen MR) is 112 cm³/mol. The number of hydrazine groups is 1. The molecule has 0 aliphatic carbocycles. The van der Waals surface area contributed by atoms with Crippen molar-refractivity contribution in [2.24, 2.45) is 0 Å². The molecule has 144 valence electrons. The molecule has 0 spiro atoms. The second-order valence-corrected chi connectivity index (χ2v) is 7.49. The van der Waals surface area contributed by atoms with E-state index in [9.17, 15) is 9.59 Å². The number of hydrogen-bond donors (Lipinski definition) is 2. The monoisotopic (exact) mass is 394 g/mol. The minimum Gasteiger partial charge on any atom is -0.378 e. The van der Waals surface area contributed by atoms with Crippen LogP contribution in [0, 0.1) is 6.92 Å². The molecule has 1 heterocycles. The number of nitrogens with one attached hydrogen (secondary N) is 2. The lowest BCUT2D eigenvalue weighted by Crippen LogP contribution is -2.42. The topological polar surface area (TPSA) is 74.3 Å². The first-order chi connectivity index (χ1) is 13.4. The lowest BCUT2D eigenvalue weighted by molar-refractivity contribution is -0.121. The van der Waals surface area contributed by atoms with Gasteiger partial charge in [0.15, 0.2) is 0 Å². The van der Waals surface area contributed by atoms with Crippen molar-refractivity contribution in [3.8, 4) is 10.6 Å². The Morgan fingerprint density at radius 1 is 1.07 bits per heavy atom. The number of hydrogen-bond acceptors (Lipinski definition) is 5. The van der Waals surface area contributed by atoms with E-state index in [4.69, 9.17) is 0 Å². The van der Waals surface area contributed by atoms with Gasteiger partial charge in [0.05, 0.1) is 12.1 Å². The fourth-order valence-electron chi connectivity index (χ4n) is 2.55. The fourth-order valence-corrected chi connectivity index (χ4v) is 3.38. The van der Waals surface area contributed by atoms with Crippen molar-refractivity contribution in [1.29, 1.82) is 0 Å². The van der Waals surface area contributed by atoms with Gasteiger partial charge < -0.3 is 4.90 Å². The van der Waals surface area contributed by atoms with Crippen molar-refractivity contribution in [3.05, 3.63) is 70.7 Å². The van der Waals surface area contributed by atoms with Crippen LogP contribution in [-0.2, 0) is 11.2 Å². The maximum atomic E-state index is 12.2. The molecule has 2 amide bonds. The van der Waals surface area contributed by atoms with Gasteiger partial charge in [0.2, 0.25) is 5.91 Å². The molecule has 0 unspecified atom stereocenters. The lowest BCUT2D eigenvalue weighted by Gasteiger charge is -2.13. The van der Waals surface area contributed by atoms with Crippen LogP contribution < -0.4 is 15.8 Å². The molecule has 28 heavy (non-hydrogen) atoms. The molecule has 3 aromatic rings. The molecular weight excluding hydrogens is 372 g/mol. The van der Waals surface area contributed by atoms with Crippen molar-refractivity contribution in [2.75, 3.05) is 19.0 Å². The minimum absolute atomic E-state index is 0.0976. The van der Waals surface area contributed by atoms with Gasteiger partial charge in [-0.1, -0.05) is 35.9 Å². The average Bonchev–Trinajstić information content (AvgIpc) is 3.15. The first-order valence-electron chi connectivity index (χ1n) is 8.80. The Kier molecular flexibility index (Phi) is 6.06. The van der Waals surface area contributed by atoms with Crippen molar-refractivity contribution in [3.63, 3.8) is 0 Å². The standard InChI is InChI=1S/C21H22N4O2S/c1-14-7-9-15(10-8-14)21-22-17(13-28-21)12-19(26)23-24-20(27)16-5-4-6-18(11-16)25(2)3/h4-11,13H,12H2,1-3H3,(H,23,26)(H,24,27). The Labute approximate surface area is 168 Å². The molecule has 0 aliphatic rings. The molecular formula is C21H22N4O2S. The van der Waals surface area contributed by atoms with Gasteiger partial charge in [-0.15, -0.1) is 11.3 Å². The number of carbonyl (C=O) groups excluding carboxylic acids is 2. The molecule has 0 saturated heterocycles. The maximum Gasteiger partial charge on any atom is 0.269 e. The molecule has 0 saturated carbocycles. The van der Waals surface area contributed by atoms with E-state index in [0.717, 1.165) is 16.3 Å². The third kappa shape index (κ3) is 4.95. The Bertz CT molecular complexity index is 980. The van der Waals surface area contributed by atoms with Gasteiger partial charge in [0, 0.05) is 36.3 Å². The average molecular weight is 395 g/mol. The summed E-state index contributed by atoms with van der Waals surface area (Å²) in [6.45, 7) is 2.03. The smallest absolute Gasteiger partial charge is 0.269 e. The second kappa shape index (κ2) is 8.67. The van der Waals surface area contributed by atoms with Gasteiger partial charge in [-0.25, -0.2) is 4.98 Å². The van der Waals surface area contributed by atoms with E-state index in [1.54, 1.807) is 18.2 Å². The van der Waals surface area contributed by atoms with Crippen LogP contribution in [0.1, 0.15) is 21.6 Å². The molecule has 3 rings (SSSR count). The highest BCUT2D eigenvalue weighted by atomic mass is 32.1. The molecule has 2 aromatic carbocycles. The van der Waals surface area contributed by atoms with E-state index >= 15 is 0 Å². The summed E-state index contributed by atoms with van der Waals surface area (Å²) in [5.74, 6) is -0.687. The maximum absolute atomic E-state index is 12.2. The van der Waals surface area contributed by atoms with Crippen molar-refractivity contribution < 1.29 is 9.59 Å². The number of aryl methyl sites for hydroxylation is 1.